The molecule has 1 fully saturated rings. The number of carbonyl (C=O) groups excluding carboxylic acids is 1. The van der Waals surface area contributed by atoms with Crippen molar-refractivity contribution in [1.29, 1.82) is 0 Å². The normalized spacial score (nSPS) is 15.8. The number of benzene rings is 3. The maximum Gasteiger partial charge on any atom is 0.261 e. The molecule has 3 aromatic rings. The van der Waals surface area contributed by atoms with Gasteiger partial charge in [0.05, 0.1) is 10.6 Å². The molecule has 7 heteroatoms. The fourth-order valence-corrected chi connectivity index (χ4v) is 5.14. The number of ether oxygens (including phenoxy) is 1. The molecular formula is C25H24ClNO4S. The first kappa shape index (κ1) is 22.5. The molecule has 3 aromatic carbocycles. The first-order chi connectivity index (χ1) is 15.3. The Hall–Kier alpha value is -2.67. The molecule has 0 aromatic heterocycles. The van der Waals surface area contributed by atoms with Crippen LogP contribution >= 0.6 is 11.6 Å². The number of nitrogens with one attached hydrogen (secondary N) is 1. The van der Waals surface area contributed by atoms with Gasteiger partial charge in [0.1, 0.15) is 0 Å². The second kappa shape index (κ2) is 9.06. The highest BCUT2D eigenvalue weighted by Crippen LogP contribution is 2.35. The van der Waals surface area contributed by atoms with Gasteiger partial charge in [-0.2, -0.15) is 0 Å². The van der Waals surface area contributed by atoms with Crippen molar-refractivity contribution >= 4 is 33.1 Å². The summed E-state index contributed by atoms with van der Waals surface area (Å²) in [6.07, 6.45) is 1.79. The number of carbonyl (C=O) groups is 1. The molecule has 0 amide bonds. The number of rotatable bonds is 6. The lowest BCUT2D eigenvalue weighted by Crippen LogP contribution is -2.30. The van der Waals surface area contributed by atoms with Gasteiger partial charge in [-0.1, -0.05) is 61.0 Å². The van der Waals surface area contributed by atoms with Crippen molar-refractivity contribution in [2.24, 2.45) is 0 Å². The molecule has 0 aliphatic carbocycles. The van der Waals surface area contributed by atoms with Crippen LogP contribution in [0.25, 0.3) is 0 Å². The highest BCUT2D eigenvalue weighted by atomic mass is 35.5. The number of hydrogen-bond acceptors (Lipinski definition) is 4. The predicted octanol–water partition coefficient (Wildman–Crippen LogP) is 5.44. The number of halogens is 1. The van der Waals surface area contributed by atoms with Crippen molar-refractivity contribution in [3.05, 3.63) is 94.5 Å². The molecule has 1 aliphatic heterocycles. The maximum atomic E-state index is 13.1. The summed E-state index contributed by atoms with van der Waals surface area (Å²) in [6.45, 7) is 3.58. The van der Waals surface area contributed by atoms with E-state index in [9.17, 15) is 13.2 Å². The van der Waals surface area contributed by atoms with Crippen LogP contribution in [-0.2, 0) is 20.2 Å². The lowest BCUT2D eigenvalue weighted by molar-refractivity contribution is 0.0564. The van der Waals surface area contributed by atoms with E-state index in [2.05, 4.69) is 11.6 Å². The first-order valence-electron chi connectivity index (χ1n) is 10.4. The topological polar surface area (TPSA) is 72.5 Å². The average Bonchev–Trinajstić information content (AvgIpc) is 2.81. The molecule has 0 saturated carbocycles. The summed E-state index contributed by atoms with van der Waals surface area (Å²) in [5, 5.41) is 0.348. The van der Waals surface area contributed by atoms with Gasteiger partial charge >= 0.3 is 0 Å². The average molecular weight is 470 g/mol. The summed E-state index contributed by atoms with van der Waals surface area (Å²) in [5.41, 5.74) is 1.89. The molecule has 1 saturated heterocycles. The van der Waals surface area contributed by atoms with E-state index in [-0.39, 0.29) is 27.3 Å². The van der Waals surface area contributed by atoms with Gasteiger partial charge < -0.3 is 4.74 Å². The SMILES string of the molecule is CC1(c2ccc(S(=O)(=O)Nc3ccc(Cl)cc3C(=O)c3ccccc3)cc2)CCOCC1. The minimum atomic E-state index is -3.90. The Balaban J connectivity index is 1.62. The molecule has 4 rings (SSSR count). The molecule has 0 radical (unpaired) electrons. The Kier molecular flexibility index (Phi) is 6.38. The van der Waals surface area contributed by atoms with E-state index in [0.717, 1.165) is 18.4 Å². The minimum absolute atomic E-state index is 0.0284. The monoisotopic (exact) mass is 469 g/mol. The van der Waals surface area contributed by atoms with Crippen LogP contribution in [0.15, 0.2) is 77.7 Å². The number of anilines is 1. The van der Waals surface area contributed by atoms with Crippen molar-refractivity contribution in [3.8, 4) is 0 Å². The van der Waals surface area contributed by atoms with Crippen LogP contribution in [0.2, 0.25) is 5.02 Å². The van der Waals surface area contributed by atoms with Crippen molar-refractivity contribution in [3.63, 3.8) is 0 Å². The second-order valence-corrected chi connectivity index (χ2v) is 10.3. The van der Waals surface area contributed by atoms with Crippen LogP contribution in [0, 0.1) is 0 Å². The first-order valence-corrected chi connectivity index (χ1v) is 12.3. The zero-order chi connectivity index (χ0) is 22.8. The highest BCUT2D eigenvalue weighted by Gasteiger charge is 2.29. The van der Waals surface area contributed by atoms with Gasteiger partial charge in [-0.15, -0.1) is 0 Å². The van der Waals surface area contributed by atoms with E-state index in [4.69, 9.17) is 16.3 Å². The standard InChI is InChI=1S/C25H24ClNO4S/c1-25(13-15-31-16-14-25)19-7-10-21(11-8-19)32(29,30)27-23-12-9-20(26)17-22(23)24(28)18-5-3-2-4-6-18/h2-12,17,27H,13-16H2,1H3. The van der Waals surface area contributed by atoms with Crippen LogP contribution in [0.4, 0.5) is 5.69 Å². The van der Waals surface area contributed by atoms with Gasteiger partial charge in [-0.3, -0.25) is 9.52 Å². The third-order valence-corrected chi connectivity index (χ3v) is 7.58. The van der Waals surface area contributed by atoms with Gasteiger partial charge in [-0.25, -0.2) is 8.42 Å². The van der Waals surface area contributed by atoms with Crippen LogP contribution in [0.5, 0.6) is 0 Å². The second-order valence-electron chi connectivity index (χ2n) is 8.19. The molecule has 32 heavy (non-hydrogen) atoms. The van der Waals surface area contributed by atoms with Crippen molar-refractivity contribution in [1.82, 2.24) is 0 Å². The van der Waals surface area contributed by atoms with E-state index in [1.165, 1.54) is 12.1 Å². The van der Waals surface area contributed by atoms with E-state index in [1.807, 2.05) is 18.2 Å². The molecule has 1 N–H and O–H groups in total. The van der Waals surface area contributed by atoms with Crippen LogP contribution < -0.4 is 4.72 Å². The van der Waals surface area contributed by atoms with Crippen molar-refractivity contribution < 1.29 is 17.9 Å². The Morgan fingerprint density at radius 1 is 0.969 bits per heavy atom. The molecule has 5 nitrogen and oxygen atoms in total. The highest BCUT2D eigenvalue weighted by molar-refractivity contribution is 7.92. The Morgan fingerprint density at radius 2 is 1.62 bits per heavy atom. The molecule has 1 heterocycles. The Labute approximate surface area is 193 Å². The van der Waals surface area contributed by atoms with E-state index in [1.54, 1.807) is 42.5 Å². The zero-order valence-electron chi connectivity index (χ0n) is 17.7. The molecule has 0 bridgehead atoms. The van der Waals surface area contributed by atoms with Gasteiger partial charge in [-0.05, 0) is 54.2 Å². The lowest BCUT2D eigenvalue weighted by atomic mass is 9.76. The molecule has 166 valence electrons. The quantitative estimate of drug-likeness (QED) is 0.488. The zero-order valence-corrected chi connectivity index (χ0v) is 19.2. The molecule has 0 unspecified atom stereocenters. The van der Waals surface area contributed by atoms with Gasteiger partial charge in [0, 0.05) is 29.4 Å². The maximum absolute atomic E-state index is 13.1. The molecule has 0 atom stereocenters. The van der Waals surface area contributed by atoms with Gasteiger partial charge in [0.25, 0.3) is 10.0 Å². The number of hydrogen-bond donors (Lipinski definition) is 1. The third kappa shape index (κ3) is 4.72. The fourth-order valence-electron chi connectivity index (χ4n) is 3.89. The summed E-state index contributed by atoms with van der Waals surface area (Å²) in [5.74, 6) is -0.311. The summed E-state index contributed by atoms with van der Waals surface area (Å²) in [7, 11) is -3.90. The smallest absolute Gasteiger partial charge is 0.261 e. The summed E-state index contributed by atoms with van der Waals surface area (Å²) < 4.78 is 34.2. The van der Waals surface area contributed by atoms with Gasteiger partial charge in [0.15, 0.2) is 5.78 Å². The third-order valence-electron chi connectivity index (χ3n) is 5.96. The minimum Gasteiger partial charge on any atom is -0.381 e. The Morgan fingerprint density at radius 3 is 2.28 bits per heavy atom. The summed E-state index contributed by atoms with van der Waals surface area (Å²) in [6, 6.07) is 20.1. The molecular weight excluding hydrogens is 446 g/mol. The van der Waals surface area contributed by atoms with Gasteiger partial charge in [0.2, 0.25) is 0 Å². The summed E-state index contributed by atoms with van der Waals surface area (Å²) in [4.78, 5) is 13.1. The van der Waals surface area contributed by atoms with Crippen molar-refractivity contribution in [2.75, 3.05) is 17.9 Å². The van der Waals surface area contributed by atoms with E-state index in [0.29, 0.717) is 23.8 Å². The Bertz CT molecular complexity index is 1220. The lowest BCUT2D eigenvalue weighted by Gasteiger charge is -2.34. The van der Waals surface area contributed by atoms with Crippen LogP contribution in [0.1, 0.15) is 41.3 Å². The summed E-state index contributed by atoms with van der Waals surface area (Å²) >= 11 is 6.10. The largest absolute Gasteiger partial charge is 0.381 e. The van der Waals surface area contributed by atoms with Crippen LogP contribution in [0.3, 0.4) is 0 Å². The van der Waals surface area contributed by atoms with E-state index >= 15 is 0 Å². The van der Waals surface area contributed by atoms with Crippen molar-refractivity contribution in [2.45, 2.75) is 30.1 Å². The van der Waals surface area contributed by atoms with Crippen LogP contribution in [-0.4, -0.2) is 27.4 Å². The predicted molar refractivity (Wildman–Crippen MR) is 126 cm³/mol. The number of sulfonamides is 1. The molecule has 0 spiro atoms. The van der Waals surface area contributed by atoms with E-state index < -0.39 is 10.0 Å². The fraction of sp³-hybridized carbons (Fsp3) is 0.240. The molecule has 1 aliphatic rings. The number of ketones is 1.